The number of nitrogens with zero attached hydrogens (tertiary/aromatic N) is 1. The Labute approximate surface area is 184 Å². The molecule has 1 heterocycles. The van der Waals surface area contributed by atoms with Gasteiger partial charge in [-0.2, -0.15) is 0 Å². The molecule has 0 atom stereocenters. The number of hydrogen-bond acceptors (Lipinski definition) is 5. The maximum Gasteiger partial charge on any atom is 0.341 e. The van der Waals surface area contributed by atoms with Crippen molar-refractivity contribution in [3.05, 3.63) is 62.6 Å². The van der Waals surface area contributed by atoms with Crippen molar-refractivity contribution in [2.75, 3.05) is 11.5 Å². The number of carbonyl (C=O) groups is 4. The number of halogens is 3. The quantitative estimate of drug-likeness (QED) is 0.509. The van der Waals surface area contributed by atoms with Crippen LogP contribution in [0.3, 0.4) is 0 Å². The molecule has 0 aromatic heterocycles. The van der Waals surface area contributed by atoms with Crippen LogP contribution in [0, 0.1) is 0 Å². The molecular weight excluding hydrogens is 459 g/mol. The number of hydrogen-bond donors (Lipinski definition) is 2. The number of barbiturate groups is 1. The van der Waals surface area contributed by atoms with Crippen LogP contribution in [0.2, 0.25) is 15.1 Å². The lowest BCUT2D eigenvalue weighted by Crippen LogP contribution is -2.54. The second-order valence-corrected chi connectivity index (χ2v) is 7.18. The van der Waals surface area contributed by atoms with Crippen molar-refractivity contribution in [2.24, 2.45) is 0 Å². The maximum atomic E-state index is 12.8. The Morgan fingerprint density at radius 3 is 2.23 bits per heavy atom. The molecule has 2 N–H and O–H groups in total. The molecule has 1 aliphatic rings. The van der Waals surface area contributed by atoms with Gasteiger partial charge in [-0.3, -0.25) is 14.9 Å². The summed E-state index contributed by atoms with van der Waals surface area (Å²) in [5.41, 5.74) is 0.140. The van der Waals surface area contributed by atoms with E-state index in [0.29, 0.717) is 5.02 Å². The highest BCUT2D eigenvalue weighted by atomic mass is 35.5. The molecule has 1 fully saturated rings. The zero-order valence-electron chi connectivity index (χ0n) is 14.8. The number of amides is 4. The van der Waals surface area contributed by atoms with E-state index in [1.807, 2.05) is 0 Å². The molecule has 0 saturated carbocycles. The van der Waals surface area contributed by atoms with Gasteiger partial charge in [0.2, 0.25) is 0 Å². The molecule has 0 unspecified atom stereocenters. The largest absolute Gasteiger partial charge is 0.479 e. The normalized spacial score (nSPS) is 15.4. The molecule has 0 radical (unpaired) electrons. The molecule has 2 aromatic carbocycles. The van der Waals surface area contributed by atoms with E-state index in [4.69, 9.17) is 44.6 Å². The number of carboxylic acid groups (broad SMARTS) is 1. The van der Waals surface area contributed by atoms with Crippen LogP contribution in [0.4, 0.5) is 10.5 Å². The Kier molecular flexibility index (Phi) is 6.31. The summed E-state index contributed by atoms with van der Waals surface area (Å²) in [6, 6.07) is 7.66. The summed E-state index contributed by atoms with van der Waals surface area (Å²) in [4.78, 5) is 48.7. The Bertz CT molecular complexity index is 1070. The lowest BCUT2D eigenvalue weighted by Gasteiger charge is -2.26. The molecule has 4 amide bonds. The second kappa shape index (κ2) is 8.74. The summed E-state index contributed by atoms with van der Waals surface area (Å²) in [6.07, 6.45) is 1.20. The number of urea groups is 1. The van der Waals surface area contributed by atoms with Crippen molar-refractivity contribution >= 4 is 70.4 Å². The molecule has 0 bridgehead atoms. The summed E-state index contributed by atoms with van der Waals surface area (Å²) in [6.45, 7) is -0.654. The van der Waals surface area contributed by atoms with Crippen molar-refractivity contribution in [2.45, 2.75) is 0 Å². The highest BCUT2D eigenvalue weighted by Gasteiger charge is 2.36. The monoisotopic (exact) mass is 468 g/mol. The van der Waals surface area contributed by atoms with Gasteiger partial charge in [0, 0.05) is 5.02 Å². The minimum Gasteiger partial charge on any atom is -0.479 e. The first kappa shape index (κ1) is 21.6. The number of carbonyl (C=O) groups excluding carboxylic acids is 3. The van der Waals surface area contributed by atoms with Gasteiger partial charge in [0.15, 0.2) is 12.4 Å². The molecule has 3 rings (SSSR count). The average Bonchev–Trinajstić information content (AvgIpc) is 2.65. The van der Waals surface area contributed by atoms with Crippen LogP contribution >= 0.6 is 34.8 Å². The van der Waals surface area contributed by atoms with Gasteiger partial charge in [-0.15, -0.1) is 0 Å². The fraction of sp³-hybridized carbons (Fsp3) is 0.0526. The standard InChI is InChI=1S/C19H11Cl3N2O6/c20-10-1-3-11(4-2-10)24-18(28)12(17(27)23-19(24)29)5-9-6-13(21)16(14(22)7-9)30-8-15(25)26/h1-7H,8H2,(H,25,26)(H,23,27,29). The Morgan fingerprint density at radius 2 is 1.67 bits per heavy atom. The van der Waals surface area contributed by atoms with Crippen molar-refractivity contribution in [1.82, 2.24) is 5.32 Å². The number of benzene rings is 2. The SMILES string of the molecule is O=C(O)COc1c(Cl)cc(C=C2C(=O)NC(=O)N(c3ccc(Cl)cc3)C2=O)cc1Cl. The summed E-state index contributed by atoms with van der Waals surface area (Å²) >= 11 is 18.0. The lowest BCUT2D eigenvalue weighted by atomic mass is 10.1. The number of nitrogens with one attached hydrogen (secondary N) is 1. The zero-order valence-corrected chi connectivity index (χ0v) is 17.1. The average molecular weight is 470 g/mol. The topological polar surface area (TPSA) is 113 Å². The predicted molar refractivity (Wildman–Crippen MR) is 110 cm³/mol. The minimum atomic E-state index is -1.22. The van der Waals surface area contributed by atoms with Crippen LogP contribution in [0.1, 0.15) is 5.56 Å². The molecule has 0 aliphatic carbocycles. The Hall–Kier alpha value is -3.07. The van der Waals surface area contributed by atoms with E-state index in [0.717, 1.165) is 4.90 Å². The highest BCUT2D eigenvalue weighted by Crippen LogP contribution is 2.35. The van der Waals surface area contributed by atoms with Gasteiger partial charge in [0.1, 0.15) is 5.57 Å². The summed E-state index contributed by atoms with van der Waals surface area (Å²) in [5, 5.41) is 11.1. The fourth-order valence-electron chi connectivity index (χ4n) is 2.58. The first-order valence-electron chi connectivity index (χ1n) is 8.18. The third-order valence-electron chi connectivity index (χ3n) is 3.86. The molecule has 8 nitrogen and oxygen atoms in total. The van der Waals surface area contributed by atoms with E-state index in [2.05, 4.69) is 5.32 Å². The van der Waals surface area contributed by atoms with Crippen LogP contribution in [0.5, 0.6) is 5.75 Å². The summed E-state index contributed by atoms with van der Waals surface area (Å²) in [5.74, 6) is -3.02. The predicted octanol–water partition coefficient (Wildman–Crippen LogP) is 3.78. The fourth-order valence-corrected chi connectivity index (χ4v) is 3.32. The molecule has 1 saturated heterocycles. The van der Waals surface area contributed by atoms with Crippen molar-refractivity contribution in [1.29, 1.82) is 0 Å². The third kappa shape index (κ3) is 4.56. The van der Waals surface area contributed by atoms with Crippen LogP contribution < -0.4 is 15.0 Å². The summed E-state index contributed by atoms with van der Waals surface area (Å²) < 4.78 is 5.02. The number of imide groups is 2. The van der Waals surface area contributed by atoms with Gasteiger partial charge in [0.05, 0.1) is 15.7 Å². The van der Waals surface area contributed by atoms with Crippen molar-refractivity contribution in [3.8, 4) is 5.75 Å². The van der Waals surface area contributed by atoms with Crippen LogP contribution in [-0.4, -0.2) is 35.5 Å². The number of rotatable bonds is 5. The molecular formula is C19H11Cl3N2O6. The first-order valence-corrected chi connectivity index (χ1v) is 9.31. The first-order chi connectivity index (χ1) is 14.2. The summed E-state index contributed by atoms with van der Waals surface area (Å²) in [7, 11) is 0. The van der Waals surface area contributed by atoms with E-state index in [1.165, 1.54) is 42.5 Å². The molecule has 11 heteroatoms. The number of aliphatic carboxylic acids is 1. The smallest absolute Gasteiger partial charge is 0.341 e. The van der Waals surface area contributed by atoms with E-state index in [1.54, 1.807) is 0 Å². The third-order valence-corrected chi connectivity index (χ3v) is 4.67. The lowest BCUT2D eigenvalue weighted by molar-refractivity contribution is -0.139. The highest BCUT2D eigenvalue weighted by molar-refractivity contribution is 6.40. The van der Waals surface area contributed by atoms with Gasteiger partial charge in [-0.05, 0) is 48.0 Å². The number of carboxylic acids is 1. The van der Waals surface area contributed by atoms with Crippen molar-refractivity contribution < 1.29 is 29.0 Å². The van der Waals surface area contributed by atoms with Crippen LogP contribution in [0.25, 0.3) is 6.08 Å². The Balaban J connectivity index is 1.96. The van der Waals surface area contributed by atoms with E-state index in [-0.39, 0.29) is 32.6 Å². The van der Waals surface area contributed by atoms with Gasteiger partial charge in [0.25, 0.3) is 11.8 Å². The second-order valence-electron chi connectivity index (χ2n) is 5.93. The zero-order chi connectivity index (χ0) is 22.0. The van der Waals surface area contributed by atoms with Gasteiger partial charge < -0.3 is 9.84 Å². The van der Waals surface area contributed by atoms with E-state index < -0.39 is 30.4 Å². The number of ether oxygens (including phenoxy) is 1. The van der Waals surface area contributed by atoms with Gasteiger partial charge >= 0.3 is 12.0 Å². The van der Waals surface area contributed by atoms with Crippen LogP contribution in [0.15, 0.2) is 42.0 Å². The Morgan fingerprint density at radius 1 is 1.07 bits per heavy atom. The van der Waals surface area contributed by atoms with Crippen LogP contribution in [-0.2, 0) is 14.4 Å². The van der Waals surface area contributed by atoms with E-state index in [9.17, 15) is 19.2 Å². The van der Waals surface area contributed by atoms with Crippen molar-refractivity contribution in [3.63, 3.8) is 0 Å². The van der Waals surface area contributed by atoms with Gasteiger partial charge in [-0.25, -0.2) is 14.5 Å². The van der Waals surface area contributed by atoms with E-state index >= 15 is 0 Å². The molecule has 2 aromatic rings. The maximum absolute atomic E-state index is 12.8. The molecule has 1 aliphatic heterocycles. The molecule has 0 spiro atoms. The number of anilines is 1. The van der Waals surface area contributed by atoms with Gasteiger partial charge in [-0.1, -0.05) is 34.8 Å². The minimum absolute atomic E-state index is 0.0232. The molecule has 30 heavy (non-hydrogen) atoms. The molecule has 154 valence electrons.